The van der Waals surface area contributed by atoms with Crippen LogP contribution in [0.1, 0.15) is 55.0 Å². The predicted molar refractivity (Wildman–Crippen MR) is 92.7 cm³/mol. The van der Waals surface area contributed by atoms with E-state index in [1.165, 1.54) is 0 Å². The summed E-state index contributed by atoms with van der Waals surface area (Å²) in [5.74, 6) is 0.996. The number of hydrogen-bond acceptors (Lipinski definition) is 3. The highest BCUT2D eigenvalue weighted by atomic mass is 16.1. The Labute approximate surface area is 142 Å². The van der Waals surface area contributed by atoms with Gasteiger partial charge in [0.05, 0.1) is 0 Å². The molecule has 2 aromatic rings. The molecule has 0 radical (unpaired) electrons. The maximum Gasteiger partial charge on any atom is 0.162 e. The summed E-state index contributed by atoms with van der Waals surface area (Å²) < 4.78 is 0. The summed E-state index contributed by atoms with van der Waals surface area (Å²) in [7, 11) is 0. The number of H-pyrrole nitrogens is 1. The predicted octanol–water partition coefficient (Wildman–Crippen LogP) is 3.83. The van der Waals surface area contributed by atoms with Crippen molar-refractivity contribution in [1.29, 1.82) is 0 Å². The zero-order valence-electron chi connectivity index (χ0n) is 14.5. The number of carbonyl (C=O) groups excluding carboxylic acids is 1. The normalized spacial score (nSPS) is 21.7. The van der Waals surface area contributed by atoms with Crippen molar-refractivity contribution in [2.45, 2.75) is 46.5 Å². The molecule has 122 valence electrons. The molecule has 2 aliphatic rings. The van der Waals surface area contributed by atoms with E-state index in [1.807, 2.05) is 19.9 Å². The third kappa shape index (κ3) is 2.16. The van der Waals surface area contributed by atoms with Crippen LogP contribution in [-0.4, -0.2) is 16.0 Å². The topological polar surface area (TPSA) is 57.8 Å². The number of anilines is 1. The first-order chi connectivity index (χ1) is 11.4. The van der Waals surface area contributed by atoms with Gasteiger partial charge in [-0.25, -0.2) is 0 Å². The number of fused-ring (bicyclic) bond motifs is 1. The van der Waals surface area contributed by atoms with Crippen LogP contribution in [0.3, 0.4) is 0 Å². The minimum atomic E-state index is -0.0792. The second kappa shape index (κ2) is 4.98. The lowest BCUT2D eigenvalue weighted by Gasteiger charge is -2.38. The fourth-order valence-corrected chi connectivity index (χ4v) is 4.06. The van der Waals surface area contributed by atoms with Crippen LogP contribution in [0.25, 0.3) is 0 Å². The number of nitrogens with one attached hydrogen (secondary N) is 2. The molecule has 1 aliphatic heterocycles. The Kier molecular flexibility index (Phi) is 3.11. The Morgan fingerprint density at radius 3 is 2.83 bits per heavy atom. The van der Waals surface area contributed by atoms with Gasteiger partial charge < -0.3 is 5.32 Å². The first-order valence-corrected chi connectivity index (χ1v) is 8.34. The summed E-state index contributed by atoms with van der Waals surface area (Å²) in [6.45, 7) is 8.33. The Balaban J connectivity index is 1.97. The van der Waals surface area contributed by atoms with Gasteiger partial charge in [-0.2, -0.15) is 5.10 Å². The van der Waals surface area contributed by atoms with Gasteiger partial charge in [0.15, 0.2) is 11.6 Å². The van der Waals surface area contributed by atoms with E-state index in [0.717, 1.165) is 45.9 Å². The van der Waals surface area contributed by atoms with Crippen LogP contribution < -0.4 is 5.32 Å². The number of allylic oxidation sites excluding steroid dienone is 2. The summed E-state index contributed by atoms with van der Waals surface area (Å²) in [5.41, 5.74) is 6.11. The highest BCUT2D eigenvalue weighted by Crippen LogP contribution is 2.49. The molecule has 4 rings (SSSR count). The van der Waals surface area contributed by atoms with E-state index in [2.05, 4.69) is 47.6 Å². The van der Waals surface area contributed by atoms with E-state index in [1.54, 1.807) is 0 Å². The first-order valence-electron chi connectivity index (χ1n) is 8.34. The molecular weight excluding hydrogens is 298 g/mol. The van der Waals surface area contributed by atoms with Crippen molar-refractivity contribution in [1.82, 2.24) is 10.2 Å². The molecule has 24 heavy (non-hydrogen) atoms. The highest BCUT2D eigenvalue weighted by Gasteiger charge is 2.42. The second-order valence-corrected chi connectivity index (χ2v) is 7.69. The van der Waals surface area contributed by atoms with Crippen LogP contribution in [-0.2, 0) is 4.79 Å². The summed E-state index contributed by atoms with van der Waals surface area (Å²) >= 11 is 0. The number of hydrogen-bond donors (Lipinski definition) is 2. The monoisotopic (exact) mass is 319 g/mol. The SMILES string of the molecule is Cc1c#cccc1C1C2=C(CC(C)(C)CC2=O)Nc2n[nH]c(C)c21. The van der Waals surface area contributed by atoms with Crippen molar-refractivity contribution in [3.63, 3.8) is 0 Å². The molecule has 1 atom stereocenters. The molecule has 4 heteroatoms. The average Bonchev–Trinajstić information content (AvgIpc) is 2.86. The van der Waals surface area contributed by atoms with E-state index in [9.17, 15) is 4.79 Å². The number of aryl methyl sites for hydroxylation is 1. The molecule has 2 N–H and O–H groups in total. The van der Waals surface area contributed by atoms with Gasteiger partial charge in [0, 0.05) is 40.4 Å². The third-order valence-corrected chi connectivity index (χ3v) is 5.11. The Morgan fingerprint density at radius 2 is 2.08 bits per heavy atom. The van der Waals surface area contributed by atoms with Crippen LogP contribution in [0.4, 0.5) is 5.82 Å². The van der Waals surface area contributed by atoms with Crippen LogP contribution in [0.15, 0.2) is 23.4 Å². The second-order valence-electron chi connectivity index (χ2n) is 7.69. The number of carbonyl (C=O) groups is 1. The quantitative estimate of drug-likeness (QED) is 0.840. The number of Topliss-reactive ketones (excluding diaryl/α,β-unsaturated/α-hetero) is 1. The number of nitrogens with zero attached hydrogens (tertiary/aromatic N) is 1. The molecule has 1 aromatic heterocycles. The molecule has 0 spiro atoms. The van der Waals surface area contributed by atoms with Gasteiger partial charge in [-0.15, -0.1) is 0 Å². The third-order valence-electron chi connectivity index (χ3n) is 5.11. The maximum absolute atomic E-state index is 13.0. The lowest BCUT2D eigenvalue weighted by Crippen LogP contribution is -2.34. The van der Waals surface area contributed by atoms with Gasteiger partial charge in [0.25, 0.3) is 0 Å². The Hall–Kier alpha value is -2.54. The van der Waals surface area contributed by atoms with E-state index in [4.69, 9.17) is 0 Å². The van der Waals surface area contributed by atoms with Crippen molar-refractivity contribution in [2.24, 2.45) is 5.41 Å². The lowest BCUT2D eigenvalue weighted by atomic mass is 9.68. The Morgan fingerprint density at radius 1 is 1.29 bits per heavy atom. The minimum Gasteiger partial charge on any atom is -0.342 e. The molecule has 2 heterocycles. The maximum atomic E-state index is 13.0. The van der Waals surface area contributed by atoms with E-state index >= 15 is 0 Å². The summed E-state index contributed by atoms with van der Waals surface area (Å²) in [5, 5.41) is 10.9. The van der Waals surface area contributed by atoms with E-state index in [-0.39, 0.29) is 17.1 Å². The summed E-state index contributed by atoms with van der Waals surface area (Å²) in [6.07, 6.45) is 1.44. The van der Waals surface area contributed by atoms with Crippen LogP contribution in [0.5, 0.6) is 0 Å². The van der Waals surface area contributed by atoms with Gasteiger partial charge in [-0.3, -0.25) is 9.89 Å². The molecule has 0 bridgehead atoms. The number of aromatic nitrogens is 2. The highest BCUT2D eigenvalue weighted by molar-refractivity contribution is 6.01. The van der Waals surface area contributed by atoms with Crippen molar-refractivity contribution in [3.8, 4) is 0 Å². The zero-order valence-corrected chi connectivity index (χ0v) is 14.5. The minimum absolute atomic E-state index is 0.0258. The van der Waals surface area contributed by atoms with Crippen molar-refractivity contribution < 1.29 is 4.79 Å². The van der Waals surface area contributed by atoms with Crippen LogP contribution >= 0.6 is 0 Å². The van der Waals surface area contributed by atoms with Crippen LogP contribution in [0, 0.1) is 31.4 Å². The molecule has 0 saturated carbocycles. The molecular formula is C20H21N3O. The lowest BCUT2D eigenvalue weighted by molar-refractivity contribution is -0.118. The molecule has 0 amide bonds. The standard InChI is InChI=1S/C20H21N3O/c1-11-7-5-6-8-13(11)17-16-12(2)22-23-19(16)21-14-9-20(3,4)10-15(24)18(14)17/h6,8,17H,9-10H2,1-4H3,(H2,21,22,23). The summed E-state index contributed by atoms with van der Waals surface area (Å²) in [4.78, 5) is 13.0. The fraction of sp³-hybridized carbons (Fsp3) is 0.400. The van der Waals surface area contributed by atoms with E-state index in [0.29, 0.717) is 6.42 Å². The molecule has 1 aromatic carbocycles. The number of ketones is 1. The van der Waals surface area contributed by atoms with Gasteiger partial charge in [-0.05, 0) is 43.4 Å². The molecule has 0 fully saturated rings. The van der Waals surface area contributed by atoms with Crippen molar-refractivity contribution >= 4 is 11.6 Å². The van der Waals surface area contributed by atoms with Gasteiger partial charge in [-0.1, -0.05) is 26.0 Å². The number of rotatable bonds is 1. The van der Waals surface area contributed by atoms with Gasteiger partial charge in [0.2, 0.25) is 0 Å². The smallest absolute Gasteiger partial charge is 0.162 e. The largest absolute Gasteiger partial charge is 0.342 e. The molecule has 1 aliphatic carbocycles. The van der Waals surface area contributed by atoms with E-state index < -0.39 is 0 Å². The van der Waals surface area contributed by atoms with Crippen molar-refractivity contribution in [3.05, 3.63) is 57.9 Å². The molecule has 0 saturated heterocycles. The average molecular weight is 319 g/mol. The summed E-state index contributed by atoms with van der Waals surface area (Å²) in [6, 6.07) is 10.1. The molecule has 4 nitrogen and oxygen atoms in total. The van der Waals surface area contributed by atoms with Crippen molar-refractivity contribution in [2.75, 3.05) is 5.32 Å². The first kappa shape index (κ1) is 15.0. The molecule has 1 unspecified atom stereocenters. The van der Waals surface area contributed by atoms with Gasteiger partial charge in [0.1, 0.15) is 0 Å². The zero-order chi connectivity index (χ0) is 17.1. The van der Waals surface area contributed by atoms with Gasteiger partial charge >= 0.3 is 0 Å². The number of aromatic amines is 1. The fourth-order valence-electron chi connectivity index (χ4n) is 4.06. The van der Waals surface area contributed by atoms with Crippen LogP contribution in [0.2, 0.25) is 0 Å². The Bertz CT molecular complexity index is 873.